The summed E-state index contributed by atoms with van der Waals surface area (Å²) >= 11 is 5.88. The van der Waals surface area contributed by atoms with Gasteiger partial charge in [0.25, 0.3) is 5.89 Å². The molecule has 2 heterocycles. The highest BCUT2D eigenvalue weighted by Gasteiger charge is 2.32. The number of halogens is 4. The molecule has 10 heteroatoms. The average Bonchev–Trinajstić information content (AvgIpc) is 3.31. The lowest BCUT2D eigenvalue weighted by Crippen LogP contribution is -2.17. The second-order valence-electron chi connectivity index (χ2n) is 6.36. The highest BCUT2D eigenvalue weighted by molar-refractivity contribution is 6.32. The van der Waals surface area contributed by atoms with Crippen molar-refractivity contribution < 1.29 is 22.4 Å². The van der Waals surface area contributed by atoms with Crippen LogP contribution in [0.15, 0.2) is 53.1 Å². The Hall–Kier alpha value is -3.33. The maximum Gasteiger partial charge on any atom is 0.573 e. The molecule has 2 aromatic heterocycles. The quantitative estimate of drug-likeness (QED) is 0.427. The van der Waals surface area contributed by atoms with Crippen LogP contribution < -0.4 is 4.74 Å². The molecule has 0 amide bonds. The van der Waals surface area contributed by atoms with Gasteiger partial charge in [-0.1, -0.05) is 35.0 Å². The molecule has 0 fully saturated rings. The Morgan fingerprint density at radius 1 is 1.23 bits per heavy atom. The second-order valence-corrected chi connectivity index (χ2v) is 6.76. The van der Waals surface area contributed by atoms with Gasteiger partial charge < -0.3 is 9.26 Å². The van der Waals surface area contributed by atoms with Gasteiger partial charge >= 0.3 is 6.36 Å². The number of ether oxygens (including phenoxy) is 1. The Balaban J connectivity index is 1.56. The van der Waals surface area contributed by atoms with Crippen molar-refractivity contribution in [3.05, 3.63) is 70.9 Å². The molecule has 6 nitrogen and oxygen atoms in total. The topological polar surface area (TPSA) is 66.0 Å². The molecule has 0 atom stereocenters. The van der Waals surface area contributed by atoms with Gasteiger partial charge in [0.05, 0.1) is 11.6 Å². The molecule has 0 N–H and O–H groups in total. The van der Waals surface area contributed by atoms with Crippen molar-refractivity contribution in [3.8, 4) is 28.7 Å². The third-order valence-corrected chi connectivity index (χ3v) is 4.44. The van der Waals surface area contributed by atoms with Crippen LogP contribution in [0.1, 0.15) is 11.3 Å². The van der Waals surface area contributed by atoms with Gasteiger partial charge in [-0.3, -0.25) is 4.68 Å². The Morgan fingerprint density at radius 3 is 2.77 bits per heavy atom. The minimum Gasteiger partial charge on any atom is -0.404 e. The molecular weight excluding hydrogens is 421 g/mol. The van der Waals surface area contributed by atoms with E-state index in [4.69, 9.17) is 16.1 Å². The zero-order valence-corrected chi connectivity index (χ0v) is 16.2. The molecule has 153 valence electrons. The predicted molar refractivity (Wildman–Crippen MR) is 102 cm³/mol. The lowest BCUT2D eigenvalue weighted by molar-refractivity contribution is -0.274. The fourth-order valence-corrected chi connectivity index (χ4v) is 2.99. The number of hydrogen-bond acceptors (Lipinski definition) is 5. The van der Waals surface area contributed by atoms with Crippen LogP contribution in [0.25, 0.3) is 23.0 Å². The Labute approximate surface area is 173 Å². The van der Waals surface area contributed by atoms with Gasteiger partial charge in [0, 0.05) is 11.3 Å². The molecule has 0 aliphatic heterocycles. The molecule has 0 aliphatic carbocycles. The molecular formula is C20H13ClF3N4O2. The fraction of sp³-hybridized carbons (Fsp3) is 0.150. The number of nitrogens with zero attached hydrogens (tertiary/aromatic N) is 4. The van der Waals surface area contributed by atoms with Crippen molar-refractivity contribution in [1.29, 1.82) is 0 Å². The Morgan fingerprint density at radius 2 is 2.07 bits per heavy atom. The van der Waals surface area contributed by atoms with Gasteiger partial charge in [-0.25, -0.2) is 0 Å². The van der Waals surface area contributed by atoms with Crippen LogP contribution in [-0.4, -0.2) is 26.3 Å². The molecule has 0 bridgehead atoms. The van der Waals surface area contributed by atoms with Gasteiger partial charge in [-0.2, -0.15) is 10.1 Å². The van der Waals surface area contributed by atoms with Crippen molar-refractivity contribution in [3.63, 3.8) is 0 Å². The normalized spacial score (nSPS) is 11.6. The lowest BCUT2D eigenvalue weighted by atomic mass is 10.2. The van der Waals surface area contributed by atoms with Crippen molar-refractivity contribution in [2.45, 2.75) is 19.8 Å². The van der Waals surface area contributed by atoms with Crippen LogP contribution in [-0.2, 0) is 6.54 Å². The third-order valence-electron chi connectivity index (χ3n) is 4.15. The molecule has 0 unspecified atom stereocenters. The summed E-state index contributed by atoms with van der Waals surface area (Å²) in [5.74, 6) is -0.169. The first-order valence-electron chi connectivity index (χ1n) is 8.68. The van der Waals surface area contributed by atoms with Gasteiger partial charge in [0.1, 0.15) is 5.75 Å². The smallest absolute Gasteiger partial charge is 0.404 e. The van der Waals surface area contributed by atoms with E-state index in [1.165, 1.54) is 12.1 Å². The molecule has 0 spiro atoms. The largest absolute Gasteiger partial charge is 0.573 e. The highest BCUT2D eigenvalue weighted by atomic mass is 35.5. The summed E-state index contributed by atoms with van der Waals surface area (Å²) in [6.07, 6.45) is -4.83. The summed E-state index contributed by atoms with van der Waals surface area (Å²) in [5, 5.41) is 8.13. The summed E-state index contributed by atoms with van der Waals surface area (Å²) in [5.41, 5.74) is 2.79. The summed E-state index contributed by atoms with van der Waals surface area (Å²) in [6.45, 7) is 2.46. The summed E-state index contributed by atoms with van der Waals surface area (Å²) in [7, 11) is 0. The zero-order chi connectivity index (χ0) is 21.3. The van der Waals surface area contributed by atoms with E-state index in [9.17, 15) is 13.2 Å². The Bertz CT molecular complexity index is 1170. The number of benzene rings is 2. The number of rotatable bonds is 5. The number of alkyl halides is 3. The van der Waals surface area contributed by atoms with Crippen LogP contribution in [0, 0.1) is 13.0 Å². The molecule has 0 aliphatic rings. The first-order valence-corrected chi connectivity index (χ1v) is 9.05. The number of hydrogen-bond donors (Lipinski definition) is 0. The van der Waals surface area contributed by atoms with E-state index >= 15 is 0 Å². The Kier molecular flexibility index (Phi) is 5.21. The van der Waals surface area contributed by atoms with Crippen molar-refractivity contribution in [2.75, 3.05) is 0 Å². The maximum absolute atomic E-state index is 12.4. The first kappa shape index (κ1) is 20.0. The molecule has 0 saturated carbocycles. The van der Waals surface area contributed by atoms with Crippen LogP contribution >= 0.6 is 11.6 Å². The monoisotopic (exact) mass is 433 g/mol. The maximum atomic E-state index is 12.4. The van der Waals surface area contributed by atoms with Gasteiger partial charge in [0.2, 0.25) is 5.82 Å². The van der Waals surface area contributed by atoms with E-state index in [1.54, 1.807) is 10.7 Å². The SMILES string of the molecule is Cc1cc(-c2nc(-c3ccc(OC(F)(F)F)c(Cl)c3)no2)nn1Cc1c[c]ccc1. The summed E-state index contributed by atoms with van der Waals surface area (Å²) < 4.78 is 48.1. The lowest BCUT2D eigenvalue weighted by Gasteiger charge is -2.10. The minimum absolute atomic E-state index is 0.162. The van der Waals surface area contributed by atoms with Gasteiger partial charge in [-0.05, 0) is 48.9 Å². The highest BCUT2D eigenvalue weighted by Crippen LogP contribution is 2.33. The third kappa shape index (κ3) is 4.46. The molecule has 2 aromatic carbocycles. The number of aryl methyl sites for hydroxylation is 1. The summed E-state index contributed by atoms with van der Waals surface area (Å²) in [6, 6.07) is 16.1. The van der Waals surface area contributed by atoms with Crippen LogP contribution in [0.2, 0.25) is 5.02 Å². The fourth-order valence-electron chi connectivity index (χ4n) is 2.77. The van der Waals surface area contributed by atoms with E-state index in [-0.39, 0.29) is 16.7 Å². The number of aromatic nitrogens is 4. The second kappa shape index (κ2) is 7.83. The van der Waals surface area contributed by atoms with Crippen molar-refractivity contribution in [1.82, 2.24) is 19.9 Å². The van der Waals surface area contributed by atoms with Crippen molar-refractivity contribution >= 4 is 11.6 Å². The van der Waals surface area contributed by atoms with E-state index in [1.807, 2.05) is 31.2 Å². The minimum atomic E-state index is -4.83. The van der Waals surface area contributed by atoms with Crippen LogP contribution in [0.5, 0.6) is 5.75 Å². The van der Waals surface area contributed by atoms with Crippen molar-refractivity contribution in [2.24, 2.45) is 0 Å². The molecule has 1 radical (unpaired) electrons. The van der Waals surface area contributed by atoms with E-state index in [2.05, 4.69) is 26.0 Å². The van der Waals surface area contributed by atoms with Crippen LogP contribution in [0.4, 0.5) is 13.2 Å². The molecule has 4 rings (SSSR count). The zero-order valence-electron chi connectivity index (χ0n) is 15.4. The van der Waals surface area contributed by atoms with Gasteiger partial charge in [0.15, 0.2) is 5.69 Å². The molecule has 4 aromatic rings. The van der Waals surface area contributed by atoms with E-state index < -0.39 is 12.1 Å². The molecule has 30 heavy (non-hydrogen) atoms. The first-order chi connectivity index (χ1) is 14.3. The predicted octanol–water partition coefficient (Wildman–Crippen LogP) is 5.31. The summed E-state index contributed by atoms with van der Waals surface area (Å²) in [4.78, 5) is 4.28. The van der Waals surface area contributed by atoms with E-state index in [0.717, 1.165) is 17.3 Å². The standard InChI is InChI=1S/C20H13ClF3N4O2/c1-12-9-16(26-28(12)11-13-5-3-2-4-6-13)19-25-18(27-30-19)14-7-8-17(15(21)10-14)29-20(22,23)24/h2-3,5-10H,11H2,1H3. The van der Waals surface area contributed by atoms with Gasteiger partial charge in [-0.15, -0.1) is 13.2 Å². The average molecular weight is 434 g/mol. The van der Waals surface area contributed by atoms with Crippen LogP contribution in [0.3, 0.4) is 0 Å². The van der Waals surface area contributed by atoms with E-state index in [0.29, 0.717) is 17.8 Å². The molecule has 0 saturated heterocycles.